The molecule has 1 unspecified atom stereocenters. The molecule has 1 N–H and O–H groups in total. The van der Waals surface area contributed by atoms with Crippen molar-refractivity contribution >= 4 is 22.8 Å². The Morgan fingerprint density at radius 2 is 1.82 bits per heavy atom. The van der Waals surface area contributed by atoms with E-state index in [2.05, 4.69) is 9.97 Å². The lowest BCUT2D eigenvalue weighted by molar-refractivity contribution is 0.0252. The summed E-state index contributed by atoms with van der Waals surface area (Å²) in [5.74, 6) is -0.166. The number of amides is 1. The van der Waals surface area contributed by atoms with Crippen molar-refractivity contribution in [2.45, 2.75) is 26.0 Å². The summed E-state index contributed by atoms with van der Waals surface area (Å²) in [6.07, 6.45) is 0.110. The fourth-order valence-electron chi connectivity index (χ4n) is 4.28. The van der Waals surface area contributed by atoms with E-state index in [9.17, 15) is 14.4 Å². The number of nitrogens with zero attached hydrogens (tertiary/aromatic N) is 2. The minimum absolute atomic E-state index is 0.168. The van der Waals surface area contributed by atoms with Crippen LogP contribution in [-0.4, -0.2) is 33.3 Å². The number of hydrogen-bond acceptors (Lipinski definition) is 5. The van der Waals surface area contributed by atoms with E-state index in [-0.39, 0.29) is 30.1 Å². The van der Waals surface area contributed by atoms with Crippen LogP contribution >= 0.6 is 0 Å². The summed E-state index contributed by atoms with van der Waals surface area (Å²) in [5, 5.41) is 0.509. The second kappa shape index (κ2) is 8.94. The van der Waals surface area contributed by atoms with E-state index in [1.807, 2.05) is 43.3 Å². The van der Waals surface area contributed by atoms with Gasteiger partial charge in [0.2, 0.25) is 0 Å². The molecule has 7 heteroatoms. The smallest absolute Gasteiger partial charge is 0.339 e. The van der Waals surface area contributed by atoms with Crippen molar-refractivity contribution in [1.29, 1.82) is 0 Å². The van der Waals surface area contributed by atoms with Gasteiger partial charge in [-0.05, 0) is 48.4 Å². The molecule has 1 atom stereocenters. The largest absolute Gasteiger partial charge is 0.454 e. The molecule has 1 aromatic heterocycles. The minimum Gasteiger partial charge on any atom is -0.454 e. The summed E-state index contributed by atoms with van der Waals surface area (Å²) in [7, 11) is 0. The Hall–Kier alpha value is -4.26. The molecule has 5 rings (SSSR count). The van der Waals surface area contributed by atoms with Crippen LogP contribution in [0.3, 0.4) is 0 Å². The van der Waals surface area contributed by atoms with Gasteiger partial charge in [0.25, 0.3) is 11.5 Å². The maximum atomic E-state index is 13.3. The van der Waals surface area contributed by atoms with E-state index >= 15 is 0 Å². The second-order valence-electron chi connectivity index (χ2n) is 8.23. The number of nitrogens with one attached hydrogen (secondary N) is 1. The summed E-state index contributed by atoms with van der Waals surface area (Å²) in [6.45, 7) is 2.47. The molecule has 1 aliphatic heterocycles. The van der Waals surface area contributed by atoms with Crippen LogP contribution < -0.4 is 5.56 Å². The van der Waals surface area contributed by atoms with Crippen LogP contribution in [0.15, 0.2) is 77.6 Å². The van der Waals surface area contributed by atoms with Gasteiger partial charge >= 0.3 is 5.97 Å². The van der Waals surface area contributed by atoms with Gasteiger partial charge in [0.05, 0.1) is 23.0 Å². The van der Waals surface area contributed by atoms with Crippen molar-refractivity contribution in [3.05, 3.63) is 111 Å². The first kappa shape index (κ1) is 21.6. The zero-order valence-corrected chi connectivity index (χ0v) is 18.7. The van der Waals surface area contributed by atoms with Gasteiger partial charge < -0.3 is 14.6 Å². The second-order valence-corrected chi connectivity index (χ2v) is 8.23. The quantitative estimate of drug-likeness (QED) is 0.461. The Morgan fingerprint density at radius 1 is 1.06 bits per heavy atom. The van der Waals surface area contributed by atoms with Gasteiger partial charge in [0.15, 0.2) is 0 Å². The highest BCUT2D eigenvalue weighted by molar-refractivity contribution is 5.97. The average molecular weight is 453 g/mol. The lowest BCUT2D eigenvalue weighted by Crippen LogP contribution is -2.32. The highest BCUT2D eigenvalue weighted by atomic mass is 16.5. The number of aromatic amines is 1. The highest BCUT2D eigenvalue weighted by Crippen LogP contribution is 2.31. The van der Waals surface area contributed by atoms with Gasteiger partial charge in [-0.15, -0.1) is 0 Å². The van der Waals surface area contributed by atoms with Gasteiger partial charge in [-0.1, -0.05) is 42.5 Å². The van der Waals surface area contributed by atoms with Gasteiger partial charge in [-0.3, -0.25) is 9.59 Å². The molecule has 0 bridgehead atoms. The summed E-state index contributed by atoms with van der Waals surface area (Å²) in [6, 6.07) is 21.7. The minimum atomic E-state index is -0.389. The van der Waals surface area contributed by atoms with Crippen molar-refractivity contribution in [3.63, 3.8) is 0 Å². The number of fused-ring (bicyclic) bond motifs is 2. The molecule has 0 aliphatic carbocycles. The van der Waals surface area contributed by atoms with E-state index in [1.54, 1.807) is 41.3 Å². The normalized spacial score (nSPS) is 15.0. The molecule has 0 saturated carbocycles. The standard InChI is InChI=1S/C27H23N3O4/c1-2-30(16-24-28-22-11-7-6-10-21(22)25(31)29-24)26(32)18-12-13-20-19(14-18)15-23(34-27(20)33)17-8-4-3-5-9-17/h3-14,23H,2,15-16H2,1H3,(H,28,29,31). The Balaban J connectivity index is 1.41. The van der Waals surface area contributed by atoms with Gasteiger partial charge in [0, 0.05) is 18.5 Å². The first-order valence-corrected chi connectivity index (χ1v) is 11.2. The van der Waals surface area contributed by atoms with Crippen molar-refractivity contribution in [3.8, 4) is 0 Å². The molecule has 34 heavy (non-hydrogen) atoms. The average Bonchev–Trinajstić information content (AvgIpc) is 2.87. The fourth-order valence-corrected chi connectivity index (χ4v) is 4.28. The third kappa shape index (κ3) is 4.08. The third-order valence-electron chi connectivity index (χ3n) is 6.07. The maximum absolute atomic E-state index is 13.3. The number of carbonyl (C=O) groups excluding carboxylic acids is 2. The van der Waals surface area contributed by atoms with Crippen LogP contribution in [0.2, 0.25) is 0 Å². The SMILES string of the molecule is CCN(Cc1nc2ccccc2c(=O)[nH]1)C(=O)c1ccc2c(c1)CC(c1ccccc1)OC2=O. The lowest BCUT2D eigenvalue weighted by Gasteiger charge is -2.26. The van der Waals surface area contributed by atoms with Gasteiger partial charge in [0.1, 0.15) is 11.9 Å². The van der Waals surface area contributed by atoms with Crippen molar-refractivity contribution < 1.29 is 14.3 Å². The third-order valence-corrected chi connectivity index (χ3v) is 6.07. The Bertz CT molecular complexity index is 1450. The number of rotatable bonds is 5. The molecule has 4 aromatic rings. The molecule has 170 valence electrons. The van der Waals surface area contributed by atoms with Gasteiger partial charge in [-0.2, -0.15) is 0 Å². The number of benzene rings is 3. The van der Waals surface area contributed by atoms with E-state index < -0.39 is 0 Å². The number of carbonyl (C=O) groups is 2. The van der Waals surface area contributed by atoms with E-state index in [1.165, 1.54) is 0 Å². The van der Waals surface area contributed by atoms with Crippen LogP contribution in [-0.2, 0) is 17.7 Å². The summed E-state index contributed by atoms with van der Waals surface area (Å²) in [5.41, 5.74) is 3.01. The molecule has 2 heterocycles. The van der Waals surface area contributed by atoms with E-state index in [4.69, 9.17) is 4.74 Å². The number of para-hydroxylation sites is 1. The van der Waals surface area contributed by atoms with E-state index in [0.717, 1.165) is 11.1 Å². The number of esters is 1. The summed E-state index contributed by atoms with van der Waals surface area (Å²) < 4.78 is 5.62. The number of ether oxygens (including phenoxy) is 1. The van der Waals surface area contributed by atoms with Crippen LogP contribution in [0.1, 0.15) is 50.7 Å². The molecule has 0 fully saturated rings. The summed E-state index contributed by atoms with van der Waals surface area (Å²) >= 11 is 0. The molecular weight excluding hydrogens is 430 g/mol. The summed E-state index contributed by atoms with van der Waals surface area (Å²) in [4.78, 5) is 47.2. The predicted molar refractivity (Wildman–Crippen MR) is 128 cm³/mol. The predicted octanol–water partition coefficient (Wildman–Crippen LogP) is 4.04. The Kier molecular flexibility index (Phi) is 5.67. The monoisotopic (exact) mass is 453 g/mol. The maximum Gasteiger partial charge on any atom is 0.339 e. The molecular formula is C27H23N3O4. The van der Waals surface area contributed by atoms with Crippen LogP contribution in [0, 0.1) is 0 Å². The van der Waals surface area contributed by atoms with Crippen LogP contribution in [0.25, 0.3) is 10.9 Å². The topological polar surface area (TPSA) is 92.4 Å². The molecule has 0 spiro atoms. The Morgan fingerprint density at radius 3 is 2.62 bits per heavy atom. The van der Waals surface area contributed by atoms with Crippen LogP contribution in [0.5, 0.6) is 0 Å². The van der Waals surface area contributed by atoms with Crippen LogP contribution in [0.4, 0.5) is 0 Å². The number of aromatic nitrogens is 2. The van der Waals surface area contributed by atoms with Gasteiger partial charge in [-0.25, -0.2) is 9.78 Å². The first-order valence-electron chi connectivity index (χ1n) is 11.2. The number of cyclic esters (lactones) is 1. The molecule has 3 aromatic carbocycles. The zero-order chi connectivity index (χ0) is 23.7. The van der Waals surface area contributed by atoms with Crippen molar-refractivity contribution in [1.82, 2.24) is 14.9 Å². The molecule has 1 aliphatic rings. The molecule has 7 nitrogen and oxygen atoms in total. The van der Waals surface area contributed by atoms with Crippen molar-refractivity contribution in [2.24, 2.45) is 0 Å². The molecule has 1 amide bonds. The molecule has 0 radical (unpaired) electrons. The zero-order valence-electron chi connectivity index (χ0n) is 18.7. The Labute approximate surface area is 196 Å². The van der Waals surface area contributed by atoms with Crippen molar-refractivity contribution in [2.75, 3.05) is 6.54 Å². The fraction of sp³-hybridized carbons (Fsp3) is 0.185. The first-order chi connectivity index (χ1) is 16.5. The number of H-pyrrole nitrogens is 1. The number of hydrogen-bond donors (Lipinski definition) is 1. The molecule has 0 saturated heterocycles. The van der Waals surface area contributed by atoms with E-state index in [0.29, 0.717) is 40.8 Å². The highest BCUT2D eigenvalue weighted by Gasteiger charge is 2.28. The lowest BCUT2D eigenvalue weighted by atomic mass is 9.93.